The number of nitrogens with one attached hydrogen (secondary N) is 2. The number of nitro groups is 1. The molecule has 0 spiro atoms. The van der Waals surface area contributed by atoms with Gasteiger partial charge in [-0.15, -0.1) is 0 Å². The van der Waals surface area contributed by atoms with Crippen LogP contribution >= 0.6 is 0 Å². The lowest BCUT2D eigenvalue weighted by Gasteiger charge is -2.32. The van der Waals surface area contributed by atoms with Crippen molar-refractivity contribution >= 4 is 23.0 Å². The van der Waals surface area contributed by atoms with Crippen LogP contribution in [-0.4, -0.2) is 54.0 Å². The number of benzene rings is 1. The van der Waals surface area contributed by atoms with Gasteiger partial charge >= 0.3 is 0 Å². The van der Waals surface area contributed by atoms with Gasteiger partial charge in [0.15, 0.2) is 0 Å². The number of anilines is 2. The molecule has 2 aliphatic heterocycles. The van der Waals surface area contributed by atoms with Crippen LogP contribution in [0.15, 0.2) is 12.1 Å². The van der Waals surface area contributed by atoms with Crippen molar-refractivity contribution in [3.63, 3.8) is 0 Å². The van der Waals surface area contributed by atoms with Gasteiger partial charge in [-0.05, 0) is 18.7 Å². The molecule has 2 N–H and O–H groups in total. The molecule has 0 aromatic heterocycles. The van der Waals surface area contributed by atoms with Crippen molar-refractivity contribution in [2.24, 2.45) is 0 Å². The molecular weight excluding hydrogens is 274 g/mol. The maximum absolute atomic E-state index is 11.4. The number of fused-ring (bicyclic) bond motifs is 1. The van der Waals surface area contributed by atoms with Crippen LogP contribution < -0.4 is 10.7 Å². The Morgan fingerprint density at radius 3 is 2.67 bits per heavy atom. The third-order valence-corrected chi connectivity index (χ3v) is 3.83. The van der Waals surface area contributed by atoms with Crippen molar-refractivity contribution in [2.75, 3.05) is 44.0 Å². The number of piperazine rings is 1. The average Bonchev–Trinajstić information content (AvgIpc) is 2.79. The normalized spacial score (nSPS) is 19.2. The summed E-state index contributed by atoms with van der Waals surface area (Å²) in [6.45, 7) is 3.39. The Bertz CT molecular complexity index is 596. The van der Waals surface area contributed by atoms with Crippen LogP contribution in [0.25, 0.3) is 0 Å². The number of amides is 1. The molecule has 0 bridgehead atoms. The van der Waals surface area contributed by atoms with Gasteiger partial charge in [0.1, 0.15) is 5.69 Å². The topological polar surface area (TPSA) is 90.8 Å². The van der Waals surface area contributed by atoms with Crippen LogP contribution in [0.5, 0.6) is 0 Å². The Balaban J connectivity index is 1.85. The fraction of sp³-hybridized carbons (Fsp3) is 0.462. The van der Waals surface area contributed by atoms with E-state index in [1.165, 1.54) is 6.07 Å². The Morgan fingerprint density at radius 1 is 1.29 bits per heavy atom. The largest absolute Gasteiger partial charge is 0.325 e. The highest BCUT2D eigenvalue weighted by molar-refractivity contribution is 6.00. The van der Waals surface area contributed by atoms with Crippen molar-refractivity contribution in [1.82, 2.24) is 9.91 Å². The van der Waals surface area contributed by atoms with Gasteiger partial charge < -0.3 is 15.6 Å². The first-order chi connectivity index (χ1) is 10.0. The summed E-state index contributed by atoms with van der Waals surface area (Å²) in [5, 5.41) is 15.9. The van der Waals surface area contributed by atoms with E-state index in [4.69, 9.17) is 0 Å². The van der Waals surface area contributed by atoms with Crippen molar-refractivity contribution in [2.45, 2.75) is 6.42 Å². The van der Waals surface area contributed by atoms with Crippen molar-refractivity contribution in [3.05, 3.63) is 27.8 Å². The van der Waals surface area contributed by atoms with Gasteiger partial charge in [0.2, 0.25) is 5.91 Å². The number of hydrazine groups is 1. The second kappa shape index (κ2) is 5.30. The first-order valence-corrected chi connectivity index (χ1v) is 6.84. The quantitative estimate of drug-likeness (QED) is 0.628. The number of nitro benzene ring substituents is 1. The van der Waals surface area contributed by atoms with E-state index < -0.39 is 4.92 Å². The molecule has 1 aromatic rings. The highest BCUT2D eigenvalue weighted by Gasteiger charge is 2.26. The van der Waals surface area contributed by atoms with Crippen molar-refractivity contribution in [1.29, 1.82) is 0 Å². The van der Waals surface area contributed by atoms with Crippen LogP contribution in [0.2, 0.25) is 0 Å². The molecule has 2 aliphatic rings. The third kappa shape index (κ3) is 2.81. The van der Waals surface area contributed by atoms with E-state index in [-0.39, 0.29) is 18.0 Å². The second-order valence-electron chi connectivity index (χ2n) is 5.41. The average molecular weight is 291 g/mol. The summed E-state index contributed by atoms with van der Waals surface area (Å²) < 4.78 is 0. The summed E-state index contributed by atoms with van der Waals surface area (Å²) in [6.07, 6.45) is 0.199. The fourth-order valence-corrected chi connectivity index (χ4v) is 2.59. The molecule has 1 amide bonds. The number of rotatable bonds is 3. The van der Waals surface area contributed by atoms with Gasteiger partial charge in [-0.25, -0.2) is 5.01 Å². The van der Waals surface area contributed by atoms with E-state index >= 15 is 0 Å². The molecule has 1 saturated heterocycles. The summed E-state index contributed by atoms with van der Waals surface area (Å²) >= 11 is 0. The second-order valence-corrected chi connectivity index (χ2v) is 5.41. The van der Waals surface area contributed by atoms with Crippen LogP contribution in [0, 0.1) is 10.1 Å². The molecule has 0 atom stereocenters. The summed E-state index contributed by atoms with van der Waals surface area (Å²) in [5.41, 5.74) is 4.87. The molecule has 0 radical (unpaired) electrons. The highest BCUT2D eigenvalue weighted by Crippen LogP contribution is 2.34. The number of likely N-dealkylation sites (N-methyl/N-ethyl adjacent to an activating group) is 1. The maximum atomic E-state index is 11.4. The number of carbonyl (C=O) groups is 1. The minimum atomic E-state index is -0.415. The zero-order valence-corrected chi connectivity index (χ0v) is 11.8. The van der Waals surface area contributed by atoms with E-state index in [1.54, 1.807) is 6.07 Å². The van der Waals surface area contributed by atoms with Crippen LogP contribution in [-0.2, 0) is 11.2 Å². The Kier molecular flexibility index (Phi) is 3.48. The lowest BCUT2D eigenvalue weighted by Crippen LogP contribution is -2.47. The summed E-state index contributed by atoms with van der Waals surface area (Å²) in [5.74, 6) is -0.129. The molecule has 1 fully saturated rings. The molecule has 0 saturated carbocycles. The van der Waals surface area contributed by atoms with Crippen LogP contribution in [0.3, 0.4) is 0 Å². The van der Waals surface area contributed by atoms with E-state index in [0.29, 0.717) is 16.9 Å². The lowest BCUT2D eigenvalue weighted by molar-refractivity contribution is -0.384. The third-order valence-electron chi connectivity index (χ3n) is 3.83. The number of hydrogen-bond acceptors (Lipinski definition) is 6. The molecule has 0 aliphatic carbocycles. The summed E-state index contributed by atoms with van der Waals surface area (Å²) in [7, 11) is 2.05. The molecule has 2 heterocycles. The number of hydrogen-bond donors (Lipinski definition) is 2. The minimum Gasteiger partial charge on any atom is -0.325 e. The minimum absolute atomic E-state index is 0.00387. The van der Waals surface area contributed by atoms with Gasteiger partial charge in [0, 0.05) is 37.9 Å². The predicted molar refractivity (Wildman–Crippen MR) is 78.1 cm³/mol. The van der Waals surface area contributed by atoms with E-state index in [9.17, 15) is 14.9 Å². The van der Waals surface area contributed by atoms with Gasteiger partial charge in [-0.2, -0.15) is 0 Å². The monoisotopic (exact) mass is 291 g/mol. The molecule has 21 heavy (non-hydrogen) atoms. The standard InChI is InChI=1S/C13H17N5O3/c1-16-2-4-17(5-3-16)15-11-8-10-9(7-13(19)14-10)6-12(11)18(20)21/h6,8,15H,2-5,7H2,1H3,(H,14,19). The Labute approximate surface area is 121 Å². The molecular formula is C13H17N5O3. The first kappa shape index (κ1) is 13.8. The predicted octanol–water partition coefficient (Wildman–Crippen LogP) is 0.664. The van der Waals surface area contributed by atoms with E-state index in [1.807, 2.05) is 12.1 Å². The molecule has 8 heteroatoms. The zero-order chi connectivity index (χ0) is 15.0. The van der Waals surface area contributed by atoms with Crippen LogP contribution in [0.1, 0.15) is 5.56 Å². The van der Waals surface area contributed by atoms with Crippen molar-refractivity contribution < 1.29 is 9.72 Å². The first-order valence-electron chi connectivity index (χ1n) is 6.84. The molecule has 3 rings (SSSR count). The van der Waals surface area contributed by atoms with Gasteiger partial charge in [0.05, 0.1) is 11.3 Å². The fourth-order valence-electron chi connectivity index (χ4n) is 2.59. The van der Waals surface area contributed by atoms with Crippen molar-refractivity contribution in [3.8, 4) is 0 Å². The molecule has 0 unspecified atom stereocenters. The molecule has 1 aromatic carbocycles. The summed E-state index contributed by atoms with van der Waals surface area (Å²) in [6, 6.07) is 3.13. The zero-order valence-electron chi connectivity index (χ0n) is 11.8. The lowest BCUT2D eigenvalue weighted by atomic mass is 10.1. The van der Waals surface area contributed by atoms with Crippen LogP contribution in [0.4, 0.5) is 17.1 Å². The smallest absolute Gasteiger partial charge is 0.294 e. The Morgan fingerprint density at radius 2 is 2.00 bits per heavy atom. The van der Waals surface area contributed by atoms with E-state index in [2.05, 4.69) is 15.6 Å². The molecule has 112 valence electrons. The highest BCUT2D eigenvalue weighted by atomic mass is 16.6. The number of nitrogens with zero attached hydrogens (tertiary/aromatic N) is 3. The Hall–Kier alpha value is -2.19. The van der Waals surface area contributed by atoms with Gasteiger partial charge in [-0.1, -0.05) is 0 Å². The van der Waals surface area contributed by atoms with Gasteiger partial charge in [0.25, 0.3) is 5.69 Å². The molecule has 8 nitrogen and oxygen atoms in total. The van der Waals surface area contributed by atoms with Gasteiger partial charge in [-0.3, -0.25) is 14.9 Å². The SMILES string of the molecule is CN1CCN(Nc2cc3c(cc2[N+](=O)[O-])CC(=O)N3)CC1. The van der Waals surface area contributed by atoms with E-state index in [0.717, 1.165) is 26.2 Å². The summed E-state index contributed by atoms with van der Waals surface area (Å²) in [4.78, 5) is 24.4. The number of carbonyl (C=O) groups excluding carboxylic acids is 1. The maximum Gasteiger partial charge on any atom is 0.294 e.